The molecule has 3 nitrogen and oxygen atoms in total. The molecule has 0 radical (unpaired) electrons. The Labute approximate surface area is 139 Å². The van der Waals surface area contributed by atoms with Gasteiger partial charge in [0.25, 0.3) is 5.91 Å². The number of hydrogen-bond donors (Lipinski definition) is 0. The van der Waals surface area contributed by atoms with Crippen LogP contribution in [0.2, 0.25) is 0 Å². The minimum atomic E-state index is 0.0477. The molecule has 0 fully saturated rings. The molecule has 0 aliphatic carbocycles. The SMILES string of the molecule is CCCn1cc(Br)cc1C(=O)N(C)Cc1csc(Br)c1. The number of rotatable bonds is 5. The lowest BCUT2D eigenvalue weighted by molar-refractivity contribution is 0.0774. The molecule has 2 rings (SSSR count). The topological polar surface area (TPSA) is 25.2 Å². The van der Waals surface area contributed by atoms with Crippen molar-refractivity contribution in [3.05, 3.63) is 43.2 Å². The van der Waals surface area contributed by atoms with Gasteiger partial charge < -0.3 is 9.47 Å². The Bertz CT molecular complexity index is 606. The molecule has 0 aliphatic heterocycles. The quantitative estimate of drug-likeness (QED) is 0.685. The molecule has 2 aromatic rings. The third-order valence-electron chi connectivity index (χ3n) is 2.94. The lowest BCUT2D eigenvalue weighted by Crippen LogP contribution is -2.28. The van der Waals surface area contributed by atoms with Crippen molar-refractivity contribution in [3.63, 3.8) is 0 Å². The lowest BCUT2D eigenvalue weighted by Gasteiger charge is -2.17. The molecule has 0 unspecified atom stereocenters. The summed E-state index contributed by atoms with van der Waals surface area (Å²) in [6.45, 7) is 3.58. The highest BCUT2D eigenvalue weighted by molar-refractivity contribution is 9.11. The van der Waals surface area contributed by atoms with E-state index in [9.17, 15) is 4.79 Å². The maximum atomic E-state index is 12.5. The largest absolute Gasteiger partial charge is 0.342 e. The average molecular weight is 420 g/mol. The summed E-state index contributed by atoms with van der Waals surface area (Å²) in [5.41, 5.74) is 1.88. The first kappa shape index (κ1) is 15.8. The summed E-state index contributed by atoms with van der Waals surface area (Å²) < 4.78 is 4.04. The Morgan fingerprint density at radius 2 is 2.15 bits per heavy atom. The maximum Gasteiger partial charge on any atom is 0.270 e. The molecule has 0 saturated carbocycles. The Hall–Kier alpha value is -0.590. The van der Waals surface area contributed by atoms with Crippen LogP contribution in [0.25, 0.3) is 0 Å². The van der Waals surface area contributed by atoms with Crippen molar-refractivity contribution in [2.75, 3.05) is 7.05 Å². The van der Waals surface area contributed by atoms with Crippen LogP contribution in [0.5, 0.6) is 0 Å². The molecule has 0 saturated heterocycles. The van der Waals surface area contributed by atoms with Crippen LogP contribution in [0.4, 0.5) is 0 Å². The van der Waals surface area contributed by atoms with Crippen LogP contribution in [0.1, 0.15) is 29.4 Å². The molecular weight excluding hydrogens is 404 g/mol. The van der Waals surface area contributed by atoms with Crippen molar-refractivity contribution < 1.29 is 4.79 Å². The highest BCUT2D eigenvalue weighted by atomic mass is 79.9. The van der Waals surface area contributed by atoms with Crippen molar-refractivity contribution in [2.45, 2.75) is 26.4 Å². The zero-order chi connectivity index (χ0) is 14.7. The van der Waals surface area contributed by atoms with Gasteiger partial charge in [-0.15, -0.1) is 11.3 Å². The first-order valence-electron chi connectivity index (χ1n) is 6.35. The molecule has 1 amide bonds. The summed E-state index contributed by atoms with van der Waals surface area (Å²) in [6, 6.07) is 3.94. The molecule has 0 atom stereocenters. The molecule has 0 spiro atoms. The smallest absolute Gasteiger partial charge is 0.270 e. The first-order chi connectivity index (χ1) is 9.51. The number of carbonyl (C=O) groups excluding carboxylic acids is 1. The molecule has 0 aliphatic rings. The van der Waals surface area contributed by atoms with E-state index in [1.54, 1.807) is 16.2 Å². The van der Waals surface area contributed by atoms with Gasteiger partial charge in [-0.05, 0) is 61.4 Å². The van der Waals surface area contributed by atoms with Gasteiger partial charge in [-0.2, -0.15) is 0 Å². The van der Waals surface area contributed by atoms with Crippen molar-refractivity contribution in [2.24, 2.45) is 0 Å². The van der Waals surface area contributed by atoms with Crippen LogP contribution in [0.15, 0.2) is 32.0 Å². The summed E-state index contributed by atoms with van der Waals surface area (Å²) in [7, 11) is 1.84. The Morgan fingerprint density at radius 1 is 1.40 bits per heavy atom. The van der Waals surface area contributed by atoms with Crippen molar-refractivity contribution >= 4 is 49.1 Å². The summed E-state index contributed by atoms with van der Waals surface area (Å²) in [6.07, 6.45) is 2.97. The molecule has 0 bridgehead atoms. The van der Waals surface area contributed by atoms with Gasteiger partial charge in [0.05, 0.1) is 3.79 Å². The molecule has 0 aromatic carbocycles. The van der Waals surface area contributed by atoms with Crippen molar-refractivity contribution in [1.82, 2.24) is 9.47 Å². The summed E-state index contributed by atoms with van der Waals surface area (Å²) in [5.74, 6) is 0.0477. The molecule has 6 heteroatoms. The van der Waals surface area contributed by atoms with Crippen LogP contribution in [0, 0.1) is 0 Å². The second-order valence-corrected chi connectivity index (χ2v) is 7.86. The summed E-state index contributed by atoms with van der Waals surface area (Å²) in [5, 5.41) is 2.06. The molecular formula is C14H16Br2N2OS. The Balaban J connectivity index is 2.13. The number of amides is 1. The minimum Gasteiger partial charge on any atom is -0.342 e. The van der Waals surface area contributed by atoms with Gasteiger partial charge in [-0.1, -0.05) is 6.92 Å². The monoisotopic (exact) mass is 418 g/mol. The number of thiophene rings is 1. The van der Waals surface area contributed by atoms with E-state index in [2.05, 4.69) is 50.2 Å². The summed E-state index contributed by atoms with van der Waals surface area (Å²) >= 11 is 8.52. The minimum absolute atomic E-state index is 0.0477. The third-order valence-corrected chi connectivity index (χ3v) is 4.92. The van der Waals surface area contributed by atoms with Gasteiger partial charge in [0.1, 0.15) is 5.69 Å². The zero-order valence-electron chi connectivity index (χ0n) is 11.4. The lowest BCUT2D eigenvalue weighted by atomic mass is 10.3. The number of halogens is 2. The standard InChI is InChI=1S/C14H16Br2N2OS/c1-3-4-18-8-11(15)6-12(18)14(19)17(2)7-10-5-13(16)20-9-10/h5-6,8-9H,3-4,7H2,1-2H3. The van der Waals surface area contributed by atoms with Crippen molar-refractivity contribution in [3.8, 4) is 0 Å². The van der Waals surface area contributed by atoms with Gasteiger partial charge in [0.2, 0.25) is 0 Å². The molecule has 20 heavy (non-hydrogen) atoms. The van der Waals surface area contributed by atoms with E-state index in [1.165, 1.54) is 0 Å². The Morgan fingerprint density at radius 3 is 2.75 bits per heavy atom. The fourth-order valence-electron chi connectivity index (χ4n) is 2.05. The van der Waals surface area contributed by atoms with E-state index >= 15 is 0 Å². The van der Waals surface area contributed by atoms with Gasteiger partial charge >= 0.3 is 0 Å². The zero-order valence-corrected chi connectivity index (χ0v) is 15.4. The van der Waals surface area contributed by atoms with E-state index in [1.807, 2.05) is 23.9 Å². The number of aromatic nitrogens is 1. The first-order valence-corrected chi connectivity index (χ1v) is 8.82. The molecule has 2 aromatic heterocycles. The van der Waals surface area contributed by atoms with E-state index in [0.29, 0.717) is 6.54 Å². The van der Waals surface area contributed by atoms with Crippen LogP contribution >= 0.6 is 43.2 Å². The van der Waals surface area contributed by atoms with Crippen LogP contribution in [0.3, 0.4) is 0 Å². The maximum absolute atomic E-state index is 12.5. The number of carbonyl (C=O) groups is 1. The van der Waals surface area contributed by atoms with Crippen LogP contribution in [-0.4, -0.2) is 22.4 Å². The van der Waals surface area contributed by atoms with E-state index in [-0.39, 0.29) is 5.91 Å². The fraction of sp³-hybridized carbons (Fsp3) is 0.357. The van der Waals surface area contributed by atoms with E-state index < -0.39 is 0 Å². The predicted octanol–water partition coefficient (Wildman–Crippen LogP) is 4.76. The van der Waals surface area contributed by atoms with Crippen LogP contribution < -0.4 is 0 Å². The van der Waals surface area contributed by atoms with E-state index in [4.69, 9.17) is 0 Å². The third kappa shape index (κ3) is 3.74. The van der Waals surface area contributed by atoms with Crippen molar-refractivity contribution in [1.29, 1.82) is 0 Å². The van der Waals surface area contributed by atoms with Gasteiger partial charge in [-0.3, -0.25) is 4.79 Å². The van der Waals surface area contributed by atoms with Gasteiger partial charge in [0.15, 0.2) is 0 Å². The highest BCUT2D eigenvalue weighted by Crippen LogP contribution is 2.22. The fourth-order valence-corrected chi connectivity index (χ4v) is 3.71. The average Bonchev–Trinajstić information content (AvgIpc) is 2.95. The Kier molecular flexibility index (Phi) is 5.46. The van der Waals surface area contributed by atoms with Crippen LogP contribution in [-0.2, 0) is 13.1 Å². The van der Waals surface area contributed by atoms with E-state index in [0.717, 1.165) is 32.5 Å². The van der Waals surface area contributed by atoms with Gasteiger partial charge in [-0.25, -0.2) is 0 Å². The number of aryl methyl sites for hydroxylation is 1. The van der Waals surface area contributed by atoms with Gasteiger partial charge in [0, 0.05) is 30.8 Å². The number of nitrogens with zero attached hydrogens (tertiary/aromatic N) is 2. The normalized spacial score (nSPS) is 10.8. The molecule has 0 N–H and O–H groups in total. The molecule has 108 valence electrons. The summed E-state index contributed by atoms with van der Waals surface area (Å²) in [4.78, 5) is 14.3. The predicted molar refractivity (Wildman–Crippen MR) is 90.2 cm³/mol. The highest BCUT2D eigenvalue weighted by Gasteiger charge is 2.17. The second kappa shape index (κ2) is 6.91. The number of hydrogen-bond acceptors (Lipinski definition) is 2. The second-order valence-electron chi connectivity index (χ2n) is 4.66. The molecule has 2 heterocycles.